The van der Waals surface area contributed by atoms with Crippen LogP contribution < -0.4 is 0 Å². The highest BCUT2D eigenvalue weighted by Crippen LogP contribution is 2.53. The summed E-state index contributed by atoms with van der Waals surface area (Å²) in [5, 5.41) is 9.58. The van der Waals surface area contributed by atoms with Crippen LogP contribution in [-0.4, -0.2) is 48.2 Å². The molecule has 1 aliphatic heterocycles. The van der Waals surface area contributed by atoms with E-state index in [0.717, 1.165) is 19.3 Å². The summed E-state index contributed by atoms with van der Waals surface area (Å²) in [5.41, 5.74) is 1.31. The van der Waals surface area contributed by atoms with E-state index < -0.39 is 11.9 Å². The number of benzene rings is 1. The first-order valence-electron chi connectivity index (χ1n) is 8.70. The van der Waals surface area contributed by atoms with Crippen LogP contribution in [0.5, 0.6) is 0 Å². The Kier molecular flexibility index (Phi) is 5.19. The van der Waals surface area contributed by atoms with Gasteiger partial charge in [-0.2, -0.15) is 0 Å². The highest BCUT2D eigenvalue weighted by molar-refractivity contribution is 5.82. The van der Waals surface area contributed by atoms with Gasteiger partial charge in [-0.15, -0.1) is 0 Å². The average molecular weight is 331 g/mol. The lowest BCUT2D eigenvalue weighted by Crippen LogP contribution is -2.42. The average Bonchev–Trinajstić information content (AvgIpc) is 3.35. The topological polar surface area (TPSA) is 66.8 Å². The van der Waals surface area contributed by atoms with Crippen molar-refractivity contribution in [1.29, 1.82) is 0 Å². The molecule has 2 aliphatic rings. The van der Waals surface area contributed by atoms with E-state index in [2.05, 4.69) is 12.1 Å². The molecule has 2 fully saturated rings. The number of carbonyl (C=O) groups is 2. The lowest BCUT2D eigenvalue weighted by atomic mass is 9.85. The van der Waals surface area contributed by atoms with E-state index in [0.29, 0.717) is 32.7 Å². The molecule has 1 aliphatic carbocycles. The van der Waals surface area contributed by atoms with Gasteiger partial charge in [-0.05, 0) is 36.7 Å². The molecular formula is C19H25NO4. The van der Waals surface area contributed by atoms with Crippen molar-refractivity contribution in [3.05, 3.63) is 35.9 Å². The molecule has 0 spiro atoms. The third kappa shape index (κ3) is 4.35. The third-order valence-corrected chi connectivity index (χ3v) is 5.19. The Hall–Kier alpha value is -1.88. The van der Waals surface area contributed by atoms with E-state index in [1.807, 2.05) is 18.2 Å². The van der Waals surface area contributed by atoms with Crippen LogP contribution in [0.1, 0.15) is 31.2 Å². The van der Waals surface area contributed by atoms with Crippen LogP contribution >= 0.6 is 0 Å². The number of carbonyl (C=O) groups excluding carboxylic acids is 1. The molecule has 5 nitrogen and oxygen atoms in total. The molecular weight excluding hydrogens is 306 g/mol. The van der Waals surface area contributed by atoms with Gasteiger partial charge in [-0.25, -0.2) is 0 Å². The number of carboxylic acid groups (broad SMARTS) is 1. The molecule has 0 bridgehead atoms. The zero-order valence-electron chi connectivity index (χ0n) is 13.9. The molecule has 1 amide bonds. The first-order chi connectivity index (χ1) is 11.6. The second-order valence-electron chi connectivity index (χ2n) is 7.10. The normalized spacial score (nSPS) is 20.4. The summed E-state index contributed by atoms with van der Waals surface area (Å²) >= 11 is 0. The van der Waals surface area contributed by atoms with Crippen LogP contribution in [0.15, 0.2) is 30.3 Å². The lowest BCUT2D eigenvalue weighted by Gasteiger charge is -2.28. The molecule has 1 aromatic rings. The molecule has 24 heavy (non-hydrogen) atoms. The molecule has 130 valence electrons. The van der Waals surface area contributed by atoms with Crippen molar-refractivity contribution in [1.82, 2.24) is 4.90 Å². The highest BCUT2D eigenvalue weighted by atomic mass is 16.5. The number of hydrogen-bond acceptors (Lipinski definition) is 3. The minimum absolute atomic E-state index is 0.0544. The van der Waals surface area contributed by atoms with Crippen LogP contribution in [0, 0.1) is 11.3 Å². The zero-order chi connectivity index (χ0) is 17.0. The fourth-order valence-electron chi connectivity index (χ4n) is 3.58. The fourth-order valence-corrected chi connectivity index (χ4v) is 3.58. The fraction of sp³-hybridized carbons (Fsp3) is 0.579. The van der Waals surface area contributed by atoms with Gasteiger partial charge in [0.1, 0.15) is 0 Å². The second kappa shape index (κ2) is 7.34. The minimum atomic E-state index is -0.851. The van der Waals surface area contributed by atoms with Crippen molar-refractivity contribution in [2.24, 2.45) is 11.3 Å². The molecule has 1 saturated carbocycles. The van der Waals surface area contributed by atoms with Crippen molar-refractivity contribution >= 4 is 11.9 Å². The third-order valence-electron chi connectivity index (χ3n) is 5.19. The SMILES string of the molecule is O=C(O)C(CC(=O)N1CCOCC1)CC1(Cc2ccccc2)CC1. The molecule has 1 unspecified atom stereocenters. The minimum Gasteiger partial charge on any atom is -0.481 e. The maximum atomic E-state index is 12.4. The summed E-state index contributed by atoms with van der Waals surface area (Å²) < 4.78 is 5.25. The Bertz CT molecular complexity index is 576. The predicted molar refractivity (Wildman–Crippen MR) is 89.6 cm³/mol. The van der Waals surface area contributed by atoms with E-state index >= 15 is 0 Å². The van der Waals surface area contributed by atoms with Gasteiger partial charge in [-0.1, -0.05) is 30.3 Å². The zero-order valence-corrected chi connectivity index (χ0v) is 13.9. The van der Waals surface area contributed by atoms with Crippen LogP contribution in [0.3, 0.4) is 0 Å². The maximum absolute atomic E-state index is 12.4. The van der Waals surface area contributed by atoms with Gasteiger partial charge in [0.2, 0.25) is 5.91 Å². The number of hydrogen-bond donors (Lipinski definition) is 1. The smallest absolute Gasteiger partial charge is 0.307 e. The van der Waals surface area contributed by atoms with Crippen LogP contribution in [0.25, 0.3) is 0 Å². The monoisotopic (exact) mass is 331 g/mol. The number of amides is 1. The lowest BCUT2D eigenvalue weighted by molar-refractivity contribution is -0.148. The van der Waals surface area contributed by atoms with Gasteiger partial charge >= 0.3 is 5.97 Å². The van der Waals surface area contributed by atoms with E-state index in [-0.39, 0.29) is 17.7 Å². The number of ether oxygens (including phenoxy) is 1. The Balaban J connectivity index is 1.59. The largest absolute Gasteiger partial charge is 0.481 e. The van der Waals surface area contributed by atoms with Gasteiger partial charge in [-0.3, -0.25) is 9.59 Å². The molecule has 1 heterocycles. The number of rotatable bonds is 7. The summed E-state index contributed by atoms with van der Waals surface area (Å²) in [6, 6.07) is 10.2. The molecule has 3 rings (SSSR count). The summed E-state index contributed by atoms with van der Waals surface area (Å²) in [6.07, 6.45) is 3.71. The van der Waals surface area contributed by atoms with Crippen molar-refractivity contribution in [3.63, 3.8) is 0 Å². The van der Waals surface area contributed by atoms with Crippen LogP contribution in [0.2, 0.25) is 0 Å². The molecule has 1 saturated heterocycles. The molecule has 5 heteroatoms. The Labute approximate surface area is 142 Å². The van der Waals surface area contributed by atoms with Crippen molar-refractivity contribution in [3.8, 4) is 0 Å². The van der Waals surface area contributed by atoms with E-state index in [9.17, 15) is 14.7 Å². The summed E-state index contributed by atoms with van der Waals surface area (Å²) in [5.74, 6) is -1.50. The van der Waals surface area contributed by atoms with Gasteiger partial charge in [0.25, 0.3) is 0 Å². The number of aliphatic carboxylic acids is 1. The summed E-state index contributed by atoms with van der Waals surface area (Å²) in [6.45, 7) is 2.23. The van der Waals surface area contributed by atoms with Crippen molar-refractivity contribution in [2.75, 3.05) is 26.3 Å². The van der Waals surface area contributed by atoms with E-state index in [1.54, 1.807) is 4.90 Å². The van der Waals surface area contributed by atoms with Crippen molar-refractivity contribution in [2.45, 2.75) is 32.1 Å². The maximum Gasteiger partial charge on any atom is 0.307 e. The van der Waals surface area contributed by atoms with Gasteiger partial charge < -0.3 is 14.7 Å². The van der Waals surface area contributed by atoms with E-state index in [1.165, 1.54) is 5.56 Å². The van der Waals surface area contributed by atoms with Crippen molar-refractivity contribution < 1.29 is 19.4 Å². The predicted octanol–water partition coefficient (Wildman–Crippen LogP) is 2.35. The Morgan fingerprint density at radius 1 is 1.17 bits per heavy atom. The van der Waals surface area contributed by atoms with Gasteiger partial charge in [0.15, 0.2) is 0 Å². The Morgan fingerprint density at radius 2 is 1.83 bits per heavy atom. The molecule has 0 aromatic heterocycles. The molecule has 0 radical (unpaired) electrons. The first kappa shape index (κ1) is 17.0. The summed E-state index contributed by atoms with van der Waals surface area (Å²) in [4.78, 5) is 25.8. The molecule has 1 N–H and O–H groups in total. The van der Waals surface area contributed by atoms with E-state index in [4.69, 9.17) is 4.74 Å². The second-order valence-corrected chi connectivity index (χ2v) is 7.10. The van der Waals surface area contributed by atoms with Gasteiger partial charge in [0.05, 0.1) is 19.1 Å². The standard InChI is InChI=1S/C19H25NO4/c21-17(20-8-10-24-11-9-20)12-16(18(22)23)14-19(6-7-19)13-15-4-2-1-3-5-15/h1-5,16H,6-14H2,(H,22,23). The number of nitrogens with zero attached hydrogens (tertiary/aromatic N) is 1. The molecule has 1 atom stereocenters. The molecule has 1 aromatic carbocycles. The van der Waals surface area contributed by atoms with Gasteiger partial charge in [0, 0.05) is 19.5 Å². The van der Waals surface area contributed by atoms with Crippen LogP contribution in [0.4, 0.5) is 0 Å². The Morgan fingerprint density at radius 3 is 2.42 bits per heavy atom. The summed E-state index contributed by atoms with van der Waals surface area (Å²) in [7, 11) is 0. The highest BCUT2D eigenvalue weighted by Gasteiger charge is 2.45. The number of morpholine rings is 1. The quantitative estimate of drug-likeness (QED) is 0.833. The number of carboxylic acids is 1. The van der Waals surface area contributed by atoms with Crippen LogP contribution in [-0.2, 0) is 20.7 Å². The first-order valence-corrected chi connectivity index (χ1v) is 8.70.